The van der Waals surface area contributed by atoms with Crippen molar-refractivity contribution >= 4 is 22.8 Å². The van der Waals surface area contributed by atoms with Crippen molar-refractivity contribution in [3.8, 4) is 5.75 Å². The van der Waals surface area contributed by atoms with Gasteiger partial charge in [-0.3, -0.25) is 9.59 Å². The Balaban J connectivity index is 1.60. The fourth-order valence-corrected chi connectivity index (χ4v) is 2.59. The molecule has 24 heavy (non-hydrogen) atoms. The normalized spacial score (nSPS) is 10.5. The Kier molecular flexibility index (Phi) is 4.61. The summed E-state index contributed by atoms with van der Waals surface area (Å²) in [4.78, 5) is 23.2. The van der Waals surface area contributed by atoms with Crippen LogP contribution < -0.4 is 10.1 Å². The second-order valence-corrected chi connectivity index (χ2v) is 5.45. The highest BCUT2D eigenvalue weighted by Gasteiger charge is 2.08. The number of nitrogens with zero attached hydrogens (tertiary/aromatic N) is 1. The molecule has 1 N–H and O–H groups in total. The lowest BCUT2D eigenvalue weighted by molar-refractivity contribution is -0.131. The van der Waals surface area contributed by atoms with Gasteiger partial charge in [0.2, 0.25) is 0 Å². The number of carbonyl (C=O) groups is 2. The zero-order valence-electron chi connectivity index (χ0n) is 13.4. The number of amides is 1. The summed E-state index contributed by atoms with van der Waals surface area (Å²) in [6, 6.07) is 16.7. The van der Waals surface area contributed by atoms with Crippen LogP contribution in [-0.4, -0.2) is 23.0 Å². The molecule has 2 aromatic carbocycles. The van der Waals surface area contributed by atoms with Crippen LogP contribution in [0.25, 0.3) is 10.9 Å². The number of benzene rings is 2. The van der Waals surface area contributed by atoms with Crippen LogP contribution in [0.1, 0.15) is 17.3 Å². The van der Waals surface area contributed by atoms with Gasteiger partial charge in [0.15, 0.2) is 0 Å². The number of aromatic nitrogens is 1. The van der Waals surface area contributed by atoms with E-state index in [1.54, 1.807) is 24.3 Å². The van der Waals surface area contributed by atoms with E-state index in [1.165, 1.54) is 12.3 Å². The van der Waals surface area contributed by atoms with Crippen molar-refractivity contribution in [1.29, 1.82) is 0 Å². The largest absolute Gasteiger partial charge is 0.427 e. The lowest BCUT2D eigenvalue weighted by Gasteiger charge is -2.08. The molecule has 1 aromatic heterocycles. The molecule has 0 atom stereocenters. The third kappa shape index (κ3) is 3.63. The molecule has 0 bridgehead atoms. The molecule has 0 aliphatic heterocycles. The molecular weight excluding hydrogens is 304 g/mol. The first-order chi connectivity index (χ1) is 11.6. The van der Waals surface area contributed by atoms with E-state index in [0.29, 0.717) is 24.4 Å². The molecule has 0 saturated heterocycles. The summed E-state index contributed by atoms with van der Waals surface area (Å²) in [5.41, 5.74) is 1.61. The Morgan fingerprint density at radius 1 is 1.08 bits per heavy atom. The monoisotopic (exact) mass is 322 g/mol. The van der Waals surface area contributed by atoms with Crippen molar-refractivity contribution in [3.63, 3.8) is 0 Å². The SMILES string of the molecule is CC(=O)Oc1cccc(C(=O)NCCn2ccc3ccccc32)c1. The van der Waals surface area contributed by atoms with Gasteiger partial charge in [-0.1, -0.05) is 24.3 Å². The van der Waals surface area contributed by atoms with E-state index >= 15 is 0 Å². The molecule has 3 rings (SSSR count). The molecule has 122 valence electrons. The Labute approximate surface area is 139 Å². The average Bonchev–Trinajstić information content (AvgIpc) is 2.98. The minimum atomic E-state index is -0.410. The molecule has 5 nitrogen and oxygen atoms in total. The van der Waals surface area contributed by atoms with E-state index in [4.69, 9.17) is 4.74 Å². The molecular formula is C19H18N2O3. The molecule has 3 aromatic rings. The van der Waals surface area contributed by atoms with Crippen molar-refractivity contribution in [3.05, 3.63) is 66.4 Å². The van der Waals surface area contributed by atoms with Crippen molar-refractivity contribution in [1.82, 2.24) is 9.88 Å². The number of para-hydroxylation sites is 1. The summed E-state index contributed by atoms with van der Waals surface area (Å²) < 4.78 is 7.10. The Hall–Kier alpha value is -3.08. The van der Waals surface area contributed by atoms with Gasteiger partial charge in [0.05, 0.1) is 0 Å². The second-order valence-electron chi connectivity index (χ2n) is 5.45. The number of esters is 1. The molecule has 0 aliphatic rings. The predicted molar refractivity (Wildman–Crippen MR) is 92.0 cm³/mol. The maximum Gasteiger partial charge on any atom is 0.308 e. The highest BCUT2D eigenvalue weighted by atomic mass is 16.5. The lowest BCUT2D eigenvalue weighted by atomic mass is 10.2. The van der Waals surface area contributed by atoms with Crippen LogP contribution in [0.2, 0.25) is 0 Å². The quantitative estimate of drug-likeness (QED) is 0.580. The van der Waals surface area contributed by atoms with Crippen molar-refractivity contribution in [2.75, 3.05) is 6.54 Å². The Morgan fingerprint density at radius 3 is 2.75 bits per heavy atom. The van der Waals surface area contributed by atoms with Gasteiger partial charge < -0.3 is 14.6 Å². The molecule has 1 heterocycles. The number of carbonyl (C=O) groups excluding carboxylic acids is 2. The maximum absolute atomic E-state index is 12.2. The Morgan fingerprint density at radius 2 is 1.92 bits per heavy atom. The molecule has 0 unspecified atom stereocenters. The van der Waals surface area contributed by atoms with Gasteiger partial charge >= 0.3 is 5.97 Å². The van der Waals surface area contributed by atoms with Crippen LogP contribution in [0.3, 0.4) is 0 Å². The molecule has 0 saturated carbocycles. The third-order valence-electron chi connectivity index (χ3n) is 3.68. The fraction of sp³-hybridized carbons (Fsp3) is 0.158. The van der Waals surface area contributed by atoms with Crippen LogP contribution in [-0.2, 0) is 11.3 Å². The summed E-state index contributed by atoms with van der Waals surface area (Å²) in [5.74, 6) is -0.237. The maximum atomic E-state index is 12.2. The van der Waals surface area contributed by atoms with Crippen LogP contribution in [0.4, 0.5) is 0 Å². The van der Waals surface area contributed by atoms with Gasteiger partial charge in [-0.15, -0.1) is 0 Å². The summed E-state index contributed by atoms with van der Waals surface area (Å²) in [7, 11) is 0. The van der Waals surface area contributed by atoms with Gasteiger partial charge in [0.1, 0.15) is 5.75 Å². The highest BCUT2D eigenvalue weighted by molar-refractivity contribution is 5.94. The summed E-state index contributed by atoms with van der Waals surface area (Å²) in [5, 5.41) is 4.06. The second kappa shape index (κ2) is 7.00. The van der Waals surface area contributed by atoms with E-state index in [1.807, 2.05) is 18.3 Å². The number of hydrogen-bond acceptors (Lipinski definition) is 3. The highest BCUT2D eigenvalue weighted by Crippen LogP contribution is 2.15. The molecule has 5 heteroatoms. The van der Waals surface area contributed by atoms with Gasteiger partial charge in [-0.05, 0) is 35.7 Å². The van der Waals surface area contributed by atoms with Crippen LogP contribution >= 0.6 is 0 Å². The van der Waals surface area contributed by atoms with Crippen LogP contribution in [0, 0.1) is 0 Å². The predicted octanol–water partition coefficient (Wildman–Crippen LogP) is 3.00. The van der Waals surface area contributed by atoms with E-state index in [0.717, 1.165) is 5.52 Å². The number of hydrogen-bond donors (Lipinski definition) is 1. The van der Waals surface area contributed by atoms with E-state index < -0.39 is 5.97 Å². The Bertz CT molecular complexity index is 883. The minimum absolute atomic E-state index is 0.194. The van der Waals surface area contributed by atoms with Crippen molar-refractivity contribution in [2.45, 2.75) is 13.5 Å². The average molecular weight is 322 g/mol. The summed E-state index contributed by atoms with van der Waals surface area (Å²) >= 11 is 0. The van der Waals surface area contributed by atoms with Crippen LogP contribution in [0.15, 0.2) is 60.8 Å². The number of nitrogens with one attached hydrogen (secondary N) is 1. The lowest BCUT2D eigenvalue weighted by Crippen LogP contribution is -2.27. The van der Waals surface area contributed by atoms with E-state index in [-0.39, 0.29) is 5.91 Å². The van der Waals surface area contributed by atoms with Gasteiger partial charge in [-0.2, -0.15) is 0 Å². The first-order valence-corrected chi connectivity index (χ1v) is 7.74. The van der Waals surface area contributed by atoms with E-state index in [9.17, 15) is 9.59 Å². The van der Waals surface area contributed by atoms with E-state index in [2.05, 4.69) is 28.1 Å². The zero-order chi connectivity index (χ0) is 16.9. The molecule has 0 aliphatic carbocycles. The zero-order valence-corrected chi connectivity index (χ0v) is 13.4. The van der Waals surface area contributed by atoms with Gasteiger partial charge in [0, 0.05) is 37.3 Å². The number of ether oxygens (including phenoxy) is 1. The van der Waals surface area contributed by atoms with Gasteiger partial charge in [0.25, 0.3) is 5.91 Å². The molecule has 0 fully saturated rings. The first kappa shape index (κ1) is 15.8. The summed E-state index contributed by atoms with van der Waals surface area (Å²) in [6.07, 6.45) is 2.01. The van der Waals surface area contributed by atoms with Crippen molar-refractivity contribution < 1.29 is 14.3 Å². The molecule has 0 spiro atoms. The minimum Gasteiger partial charge on any atom is -0.427 e. The van der Waals surface area contributed by atoms with Crippen LogP contribution in [0.5, 0.6) is 5.75 Å². The fourth-order valence-electron chi connectivity index (χ4n) is 2.59. The number of rotatable bonds is 5. The topological polar surface area (TPSA) is 60.3 Å². The molecule has 0 radical (unpaired) electrons. The summed E-state index contributed by atoms with van der Waals surface area (Å²) in [6.45, 7) is 2.52. The first-order valence-electron chi connectivity index (χ1n) is 7.74. The van der Waals surface area contributed by atoms with Crippen molar-refractivity contribution in [2.24, 2.45) is 0 Å². The standard InChI is InChI=1S/C19H18N2O3/c1-14(22)24-17-7-4-6-16(13-17)19(23)20-10-12-21-11-9-15-5-2-3-8-18(15)21/h2-9,11,13H,10,12H2,1H3,(H,20,23). The van der Waals surface area contributed by atoms with Gasteiger partial charge in [-0.25, -0.2) is 0 Å². The number of fused-ring (bicyclic) bond motifs is 1. The molecule has 1 amide bonds. The smallest absolute Gasteiger partial charge is 0.308 e. The third-order valence-corrected chi connectivity index (χ3v) is 3.68.